The second kappa shape index (κ2) is 7.71. The summed E-state index contributed by atoms with van der Waals surface area (Å²) in [5, 5.41) is 0. The minimum absolute atomic E-state index is 0.0749. The van der Waals surface area contributed by atoms with Crippen molar-refractivity contribution in [3.8, 4) is 0 Å². The van der Waals surface area contributed by atoms with Crippen LogP contribution in [-0.4, -0.2) is 52.1 Å². The fraction of sp³-hybridized carbons (Fsp3) is 0.533. The number of hydrogen-bond donors (Lipinski definition) is 1. The Bertz CT molecular complexity index is 714. The van der Waals surface area contributed by atoms with Gasteiger partial charge >= 0.3 is 6.18 Å². The van der Waals surface area contributed by atoms with Crippen LogP contribution in [0.3, 0.4) is 0 Å². The highest BCUT2D eigenvalue weighted by Crippen LogP contribution is 2.30. The fourth-order valence-corrected chi connectivity index (χ4v) is 3.55. The lowest BCUT2D eigenvalue weighted by atomic mass is 10.1. The van der Waals surface area contributed by atoms with Crippen LogP contribution >= 0.6 is 0 Å². The van der Waals surface area contributed by atoms with Crippen LogP contribution in [0.2, 0.25) is 0 Å². The molecule has 0 bridgehead atoms. The van der Waals surface area contributed by atoms with Crippen molar-refractivity contribution in [3.63, 3.8) is 0 Å². The quantitative estimate of drug-likeness (QED) is 0.842. The lowest BCUT2D eigenvalue weighted by molar-refractivity contribution is -0.137. The number of hydrogen-bond acceptors (Lipinski definition) is 4. The number of benzene rings is 1. The van der Waals surface area contributed by atoms with Gasteiger partial charge in [0.1, 0.15) is 0 Å². The average Bonchev–Trinajstić information content (AvgIpc) is 2.59. The number of carbonyl (C=O) groups is 1. The largest absolute Gasteiger partial charge is 0.416 e. The number of ether oxygens (including phenoxy) is 1. The van der Waals surface area contributed by atoms with Crippen LogP contribution in [0.15, 0.2) is 29.2 Å². The molecule has 1 N–H and O–H groups in total. The SMILES string of the molecule is COC1CCN(C(=O)CNS(=O)(=O)c2cccc(C(F)(F)F)c2)CC1. The summed E-state index contributed by atoms with van der Waals surface area (Å²) in [5.74, 6) is -0.426. The number of methoxy groups -OCH3 is 1. The van der Waals surface area contributed by atoms with Crippen LogP contribution < -0.4 is 4.72 Å². The normalized spacial score (nSPS) is 16.9. The molecule has 0 unspecified atom stereocenters. The Balaban J connectivity index is 1.99. The summed E-state index contributed by atoms with van der Waals surface area (Å²) in [6.45, 7) is 0.390. The molecule has 0 spiro atoms. The van der Waals surface area contributed by atoms with Gasteiger partial charge in [0.15, 0.2) is 0 Å². The molecule has 1 aromatic rings. The van der Waals surface area contributed by atoms with Gasteiger partial charge in [0.05, 0.1) is 23.1 Å². The van der Waals surface area contributed by atoms with E-state index in [9.17, 15) is 26.4 Å². The van der Waals surface area contributed by atoms with Crippen LogP contribution in [0.25, 0.3) is 0 Å². The smallest absolute Gasteiger partial charge is 0.381 e. The van der Waals surface area contributed by atoms with Crippen molar-refractivity contribution in [2.45, 2.75) is 30.0 Å². The first-order valence-electron chi connectivity index (χ1n) is 7.61. The Hall–Kier alpha value is -1.65. The van der Waals surface area contributed by atoms with E-state index in [0.717, 1.165) is 18.2 Å². The molecule has 10 heteroatoms. The van der Waals surface area contributed by atoms with Crippen molar-refractivity contribution in [1.82, 2.24) is 9.62 Å². The standard InChI is InChI=1S/C15H19F3N2O4S/c1-24-12-5-7-20(8-6-12)14(21)10-19-25(22,23)13-4-2-3-11(9-13)15(16,17)18/h2-4,9,12,19H,5-8,10H2,1H3. The minimum Gasteiger partial charge on any atom is -0.381 e. The van der Waals surface area contributed by atoms with Crippen LogP contribution in [0.5, 0.6) is 0 Å². The van der Waals surface area contributed by atoms with Gasteiger partial charge in [-0.1, -0.05) is 6.07 Å². The second-order valence-electron chi connectivity index (χ2n) is 5.67. The second-order valence-corrected chi connectivity index (χ2v) is 7.43. The summed E-state index contributed by atoms with van der Waals surface area (Å²) in [6, 6.07) is 3.38. The number of piperidine rings is 1. The first-order valence-corrected chi connectivity index (χ1v) is 9.09. The molecule has 1 heterocycles. The van der Waals surface area contributed by atoms with Gasteiger partial charge in [-0.3, -0.25) is 4.79 Å². The number of sulfonamides is 1. The summed E-state index contributed by atoms with van der Waals surface area (Å²) in [4.78, 5) is 13.0. The van der Waals surface area contributed by atoms with E-state index in [-0.39, 0.29) is 6.10 Å². The Morgan fingerprint density at radius 3 is 2.52 bits per heavy atom. The van der Waals surface area contributed by atoms with Gasteiger partial charge in [0.2, 0.25) is 15.9 Å². The number of rotatable bonds is 5. The Labute approximate surface area is 144 Å². The lowest BCUT2D eigenvalue weighted by Gasteiger charge is -2.31. The Morgan fingerprint density at radius 2 is 1.96 bits per heavy atom. The molecule has 6 nitrogen and oxygen atoms in total. The molecule has 0 radical (unpaired) electrons. The molecule has 2 rings (SSSR count). The molecule has 0 atom stereocenters. The van der Waals surface area contributed by atoms with E-state index < -0.39 is 39.1 Å². The average molecular weight is 380 g/mol. The van der Waals surface area contributed by atoms with Crippen molar-refractivity contribution in [1.29, 1.82) is 0 Å². The van der Waals surface area contributed by atoms with Crippen LogP contribution in [-0.2, 0) is 25.7 Å². The highest BCUT2D eigenvalue weighted by molar-refractivity contribution is 7.89. The van der Waals surface area contributed by atoms with Crippen molar-refractivity contribution in [3.05, 3.63) is 29.8 Å². The Kier molecular flexibility index (Phi) is 6.07. The van der Waals surface area contributed by atoms with Gasteiger partial charge in [0.25, 0.3) is 0 Å². The molecule has 0 aliphatic carbocycles. The van der Waals surface area contributed by atoms with E-state index in [0.29, 0.717) is 32.0 Å². The monoisotopic (exact) mass is 380 g/mol. The summed E-state index contributed by atoms with van der Waals surface area (Å²) in [7, 11) is -2.63. The van der Waals surface area contributed by atoms with Gasteiger partial charge in [-0.15, -0.1) is 0 Å². The summed E-state index contributed by atoms with van der Waals surface area (Å²) in [6.07, 6.45) is -3.26. The van der Waals surface area contributed by atoms with Gasteiger partial charge in [-0.2, -0.15) is 13.2 Å². The van der Waals surface area contributed by atoms with Crippen molar-refractivity contribution in [2.75, 3.05) is 26.7 Å². The summed E-state index contributed by atoms with van der Waals surface area (Å²) >= 11 is 0. The van der Waals surface area contributed by atoms with Gasteiger partial charge < -0.3 is 9.64 Å². The number of likely N-dealkylation sites (tertiary alicyclic amines) is 1. The molecule has 1 aromatic carbocycles. The third-order valence-corrected chi connectivity index (χ3v) is 5.41. The number of alkyl halides is 3. The molecule has 0 aromatic heterocycles. The van der Waals surface area contributed by atoms with E-state index in [2.05, 4.69) is 4.72 Å². The predicted octanol–water partition coefficient (Wildman–Crippen LogP) is 1.62. The number of halogens is 3. The highest BCUT2D eigenvalue weighted by atomic mass is 32.2. The van der Waals surface area contributed by atoms with Gasteiger partial charge in [-0.25, -0.2) is 13.1 Å². The van der Waals surface area contributed by atoms with E-state index >= 15 is 0 Å². The zero-order valence-electron chi connectivity index (χ0n) is 13.5. The number of nitrogens with zero attached hydrogens (tertiary/aromatic N) is 1. The maximum atomic E-state index is 12.7. The molecular formula is C15H19F3N2O4S. The maximum Gasteiger partial charge on any atom is 0.416 e. The number of amides is 1. The summed E-state index contributed by atoms with van der Waals surface area (Å²) in [5.41, 5.74) is -1.07. The van der Waals surface area contributed by atoms with Crippen molar-refractivity contribution >= 4 is 15.9 Å². The fourth-order valence-electron chi connectivity index (χ4n) is 2.53. The van der Waals surface area contributed by atoms with Crippen molar-refractivity contribution in [2.24, 2.45) is 0 Å². The maximum absolute atomic E-state index is 12.7. The molecule has 1 saturated heterocycles. The molecule has 140 valence electrons. The first kappa shape index (κ1) is 19.7. The van der Waals surface area contributed by atoms with E-state index in [1.54, 1.807) is 7.11 Å². The molecule has 1 aliphatic rings. The third-order valence-electron chi connectivity index (χ3n) is 4.01. The summed E-state index contributed by atoms with van der Waals surface area (Å²) < 4.78 is 69.6. The zero-order valence-corrected chi connectivity index (χ0v) is 14.4. The van der Waals surface area contributed by atoms with E-state index in [1.165, 1.54) is 4.90 Å². The molecule has 25 heavy (non-hydrogen) atoms. The molecule has 1 aliphatic heterocycles. The third kappa shape index (κ3) is 5.16. The van der Waals surface area contributed by atoms with Crippen LogP contribution in [0.1, 0.15) is 18.4 Å². The molecule has 1 fully saturated rings. The number of carbonyl (C=O) groups excluding carboxylic acids is 1. The topological polar surface area (TPSA) is 75.7 Å². The van der Waals surface area contributed by atoms with Crippen molar-refractivity contribution < 1.29 is 31.1 Å². The highest BCUT2D eigenvalue weighted by Gasteiger charge is 2.32. The van der Waals surface area contributed by atoms with Crippen LogP contribution in [0.4, 0.5) is 13.2 Å². The lowest BCUT2D eigenvalue weighted by Crippen LogP contribution is -2.45. The van der Waals surface area contributed by atoms with Gasteiger partial charge in [0, 0.05) is 20.2 Å². The molecule has 0 saturated carbocycles. The predicted molar refractivity (Wildman–Crippen MR) is 83.2 cm³/mol. The molecular weight excluding hydrogens is 361 g/mol. The molecule has 1 amide bonds. The number of nitrogens with one attached hydrogen (secondary N) is 1. The van der Waals surface area contributed by atoms with E-state index in [4.69, 9.17) is 4.74 Å². The van der Waals surface area contributed by atoms with Crippen LogP contribution in [0, 0.1) is 0 Å². The van der Waals surface area contributed by atoms with Gasteiger partial charge in [-0.05, 0) is 31.0 Å². The Morgan fingerprint density at radius 1 is 1.32 bits per heavy atom. The zero-order chi connectivity index (χ0) is 18.7. The minimum atomic E-state index is -4.65. The van der Waals surface area contributed by atoms with E-state index in [1.807, 2.05) is 0 Å². The first-order chi connectivity index (χ1) is 11.6.